The number of nitrogens with one attached hydrogen (secondary N) is 3. The SMILES string of the molecule is CNCc1cn[nH]c1S(=O)(=O)Nc1ccc(Cl)cc1I. The molecule has 6 nitrogen and oxygen atoms in total. The molecule has 108 valence electrons. The summed E-state index contributed by atoms with van der Waals surface area (Å²) in [7, 11) is -1.98. The van der Waals surface area contributed by atoms with Gasteiger partial charge in [0.2, 0.25) is 0 Å². The molecule has 0 bridgehead atoms. The van der Waals surface area contributed by atoms with Crippen LogP contribution in [0.4, 0.5) is 5.69 Å². The van der Waals surface area contributed by atoms with Crippen LogP contribution in [0, 0.1) is 3.57 Å². The van der Waals surface area contributed by atoms with Gasteiger partial charge in [0.25, 0.3) is 10.0 Å². The summed E-state index contributed by atoms with van der Waals surface area (Å²) in [5, 5.41) is 9.79. The maximum Gasteiger partial charge on any atom is 0.279 e. The molecule has 0 saturated heterocycles. The molecule has 1 heterocycles. The van der Waals surface area contributed by atoms with Crippen molar-refractivity contribution in [1.82, 2.24) is 15.5 Å². The van der Waals surface area contributed by atoms with Crippen molar-refractivity contribution in [2.24, 2.45) is 0 Å². The van der Waals surface area contributed by atoms with Crippen molar-refractivity contribution in [3.8, 4) is 0 Å². The van der Waals surface area contributed by atoms with Crippen molar-refractivity contribution < 1.29 is 8.42 Å². The van der Waals surface area contributed by atoms with Gasteiger partial charge in [-0.15, -0.1) is 0 Å². The van der Waals surface area contributed by atoms with Gasteiger partial charge in [-0.05, 0) is 47.8 Å². The molecule has 1 aromatic carbocycles. The van der Waals surface area contributed by atoms with E-state index in [1.807, 2.05) is 22.6 Å². The average Bonchev–Trinajstić information content (AvgIpc) is 2.82. The van der Waals surface area contributed by atoms with E-state index < -0.39 is 10.0 Å². The van der Waals surface area contributed by atoms with Gasteiger partial charge in [0.1, 0.15) is 0 Å². The van der Waals surface area contributed by atoms with Crippen LogP contribution < -0.4 is 10.0 Å². The van der Waals surface area contributed by atoms with Crippen molar-refractivity contribution in [3.05, 3.63) is 38.6 Å². The van der Waals surface area contributed by atoms with Gasteiger partial charge in [0.15, 0.2) is 5.03 Å². The Morgan fingerprint density at radius 3 is 2.85 bits per heavy atom. The Hall–Kier alpha value is -0.840. The van der Waals surface area contributed by atoms with Crippen LogP contribution in [0.5, 0.6) is 0 Å². The van der Waals surface area contributed by atoms with Crippen LogP contribution >= 0.6 is 34.2 Å². The van der Waals surface area contributed by atoms with Crippen LogP contribution in [-0.2, 0) is 16.6 Å². The third-order valence-corrected chi connectivity index (χ3v) is 5.00. The van der Waals surface area contributed by atoms with Crippen LogP contribution in [0.25, 0.3) is 0 Å². The Morgan fingerprint density at radius 1 is 1.45 bits per heavy atom. The lowest BCUT2D eigenvalue weighted by atomic mass is 10.3. The normalized spacial score (nSPS) is 11.6. The van der Waals surface area contributed by atoms with E-state index in [1.54, 1.807) is 25.2 Å². The van der Waals surface area contributed by atoms with Gasteiger partial charge < -0.3 is 5.32 Å². The molecule has 3 N–H and O–H groups in total. The summed E-state index contributed by atoms with van der Waals surface area (Å²) in [5.74, 6) is 0. The number of anilines is 1. The number of nitrogens with zero attached hydrogens (tertiary/aromatic N) is 1. The van der Waals surface area contributed by atoms with Crippen LogP contribution in [0.15, 0.2) is 29.4 Å². The highest BCUT2D eigenvalue weighted by Gasteiger charge is 2.21. The summed E-state index contributed by atoms with van der Waals surface area (Å²) < 4.78 is 27.9. The average molecular weight is 427 g/mol. The minimum atomic E-state index is -3.71. The molecule has 0 saturated carbocycles. The topological polar surface area (TPSA) is 86.9 Å². The Bertz CT molecular complexity index is 717. The number of H-pyrrole nitrogens is 1. The monoisotopic (exact) mass is 426 g/mol. The zero-order valence-electron chi connectivity index (χ0n) is 10.4. The van der Waals surface area contributed by atoms with Gasteiger partial charge in [-0.25, -0.2) is 0 Å². The van der Waals surface area contributed by atoms with E-state index in [-0.39, 0.29) is 5.03 Å². The van der Waals surface area contributed by atoms with Crippen LogP contribution in [0.1, 0.15) is 5.56 Å². The molecule has 2 aromatic rings. The van der Waals surface area contributed by atoms with E-state index in [0.29, 0.717) is 26.4 Å². The number of hydrogen-bond acceptors (Lipinski definition) is 4. The summed E-state index contributed by atoms with van der Waals surface area (Å²) in [4.78, 5) is 0. The number of aromatic nitrogens is 2. The van der Waals surface area contributed by atoms with E-state index in [0.717, 1.165) is 0 Å². The van der Waals surface area contributed by atoms with Gasteiger partial charge >= 0.3 is 0 Å². The molecule has 0 unspecified atom stereocenters. The fourth-order valence-corrected chi connectivity index (χ4v) is 4.02. The van der Waals surface area contributed by atoms with E-state index in [1.165, 1.54) is 6.20 Å². The second-order valence-corrected chi connectivity index (χ2v) is 7.20. The first kappa shape index (κ1) is 15.5. The minimum Gasteiger partial charge on any atom is -0.316 e. The molecule has 0 radical (unpaired) electrons. The Labute approximate surface area is 135 Å². The molecular formula is C11H12ClIN4O2S. The number of sulfonamides is 1. The van der Waals surface area contributed by atoms with Gasteiger partial charge in [-0.2, -0.15) is 13.5 Å². The predicted octanol–water partition coefficient (Wildman–Crippen LogP) is 2.19. The van der Waals surface area contributed by atoms with Gasteiger partial charge in [0.05, 0.1) is 11.9 Å². The van der Waals surface area contributed by atoms with Gasteiger partial charge in [-0.3, -0.25) is 9.82 Å². The number of benzene rings is 1. The third-order valence-electron chi connectivity index (χ3n) is 2.49. The zero-order valence-corrected chi connectivity index (χ0v) is 14.2. The molecular weight excluding hydrogens is 415 g/mol. The van der Waals surface area contributed by atoms with E-state index >= 15 is 0 Å². The Kier molecular flexibility index (Phi) is 4.89. The molecule has 0 atom stereocenters. The summed E-state index contributed by atoms with van der Waals surface area (Å²) in [6.45, 7) is 0.407. The summed E-state index contributed by atoms with van der Waals surface area (Å²) >= 11 is 7.87. The first-order valence-corrected chi connectivity index (χ1v) is 8.53. The van der Waals surface area contributed by atoms with Crippen molar-refractivity contribution in [3.63, 3.8) is 0 Å². The molecule has 0 fully saturated rings. The standard InChI is InChI=1S/C11H12ClIN4O2S/c1-14-5-7-6-15-16-11(7)20(18,19)17-10-3-2-8(12)4-9(10)13/h2-4,6,14,17H,5H2,1H3,(H,15,16). The number of halogens is 2. The quantitative estimate of drug-likeness (QED) is 0.640. The van der Waals surface area contributed by atoms with Gasteiger partial charge in [-0.1, -0.05) is 11.6 Å². The lowest BCUT2D eigenvalue weighted by Crippen LogP contribution is -2.17. The third kappa shape index (κ3) is 3.43. The lowest BCUT2D eigenvalue weighted by molar-refractivity contribution is 0.595. The first-order valence-electron chi connectivity index (χ1n) is 5.59. The molecule has 2 rings (SSSR count). The summed E-state index contributed by atoms with van der Waals surface area (Å²) in [6, 6.07) is 4.93. The van der Waals surface area contributed by atoms with Crippen molar-refractivity contribution in [1.29, 1.82) is 0 Å². The fraction of sp³-hybridized carbons (Fsp3) is 0.182. The molecule has 20 heavy (non-hydrogen) atoms. The molecule has 0 aliphatic heterocycles. The van der Waals surface area contributed by atoms with Gasteiger partial charge in [0, 0.05) is 20.7 Å². The summed E-state index contributed by atoms with van der Waals surface area (Å²) in [5.41, 5.74) is 1.05. The summed E-state index contributed by atoms with van der Waals surface area (Å²) in [6.07, 6.45) is 1.48. The van der Waals surface area contributed by atoms with E-state index in [2.05, 4.69) is 20.2 Å². The van der Waals surface area contributed by atoms with Crippen LogP contribution in [0.2, 0.25) is 5.02 Å². The number of rotatable bonds is 5. The van der Waals surface area contributed by atoms with E-state index in [4.69, 9.17) is 11.6 Å². The highest BCUT2D eigenvalue weighted by atomic mass is 127. The second-order valence-electron chi connectivity index (χ2n) is 3.98. The molecule has 9 heteroatoms. The van der Waals surface area contributed by atoms with Crippen molar-refractivity contribution in [2.75, 3.05) is 11.8 Å². The molecule has 1 aromatic heterocycles. The Balaban J connectivity index is 2.33. The first-order chi connectivity index (χ1) is 9.44. The van der Waals surface area contributed by atoms with E-state index in [9.17, 15) is 8.42 Å². The molecule has 0 aliphatic rings. The highest BCUT2D eigenvalue weighted by molar-refractivity contribution is 14.1. The van der Waals surface area contributed by atoms with Crippen LogP contribution in [0.3, 0.4) is 0 Å². The van der Waals surface area contributed by atoms with Crippen LogP contribution in [-0.4, -0.2) is 25.7 Å². The zero-order chi connectivity index (χ0) is 14.8. The van der Waals surface area contributed by atoms with Crippen molar-refractivity contribution in [2.45, 2.75) is 11.6 Å². The molecule has 0 aliphatic carbocycles. The minimum absolute atomic E-state index is 0.0533. The fourth-order valence-electron chi connectivity index (χ4n) is 1.62. The Morgan fingerprint density at radius 2 is 2.20 bits per heavy atom. The smallest absolute Gasteiger partial charge is 0.279 e. The number of hydrogen-bond donors (Lipinski definition) is 3. The van der Waals surface area contributed by atoms with Crippen molar-refractivity contribution >= 4 is 49.9 Å². The predicted molar refractivity (Wildman–Crippen MR) is 86.3 cm³/mol. The second kappa shape index (κ2) is 6.29. The largest absolute Gasteiger partial charge is 0.316 e. The number of aromatic amines is 1. The molecule has 0 spiro atoms. The highest BCUT2D eigenvalue weighted by Crippen LogP contribution is 2.25. The lowest BCUT2D eigenvalue weighted by Gasteiger charge is -2.10. The maximum atomic E-state index is 12.3. The maximum absolute atomic E-state index is 12.3. The molecule has 0 amide bonds.